The number of sulfonamides is 1. The second kappa shape index (κ2) is 13.6. The van der Waals surface area contributed by atoms with Crippen molar-refractivity contribution in [2.45, 2.75) is 31.8 Å². The fourth-order valence-electron chi connectivity index (χ4n) is 4.15. The Kier molecular flexibility index (Phi) is 10.6. The van der Waals surface area contributed by atoms with Gasteiger partial charge in [-0.25, -0.2) is 8.42 Å². The summed E-state index contributed by atoms with van der Waals surface area (Å²) in [6.45, 7) is 0.258. The highest BCUT2D eigenvalue weighted by atomic mass is 35.5. The van der Waals surface area contributed by atoms with Crippen LogP contribution in [0.3, 0.4) is 0 Å². The Morgan fingerprint density at radius 1 is 0.895 bits per heavy atom. The van der Waals surface area contributed by atoms with Crippen LogP contribution in [0.1, 0.15) is 24.0 Å². The van der Waals surface area contributed by atoms with E-state index in [1.165, 1.54) is 16.3 Å². The fraction of sp³-hybridized carbons (Fsp3) is 0.286. The first-order chi connectivity index (χ1) is 18.1. The zero-order chi connectivity index (χ0) is 27.7. The van der Waals surface area contributed by atoms with E-state index in [4.69, 9.17) is 23.2 Å². The third-order valence-corrected chi connectivity index (χ3v) is 7.98. The number of carbonyl (C=O) groups is 2. The predicted octanol–water partition coefficient (Wildman–Crippen LogP) is 4.93. The number of hydrogen-bond donors (Lipinski definition) is 1. The van der Waals surface area contributed by atoms with Crippen LogP contribution in [0.15, 0.2) is 78.9 Å². The molecule has 0 bridgehead atoms. The third kappa shape index (κ3) is 8.21. The number of rotatable bonds is 12. The molecule has 38 heavy (non-hydrogen) atoms. The van der Waals surface area contributed by atoms with Crippen LogP contribution < -0.4 is 9.62 Å². The topological polar surface area (TPSA) is 86.8 Å². The lowest BCUT2D eigenvalue weighted by Crippen LogP contribution is -2.49. The number of hydrogen-bond acceptors (Lipinski definition) is 4. The molecule has 0 aromatic heterocycles. The maximum absolute atomic E-state index is 13.6. The van der Waals surface area contributed by atoms with Gasteiger partial charge in [-0.2, -0.15) is 0 Å². The maximum atomic E-state index is 13.6. The summed E-state index contributed by atoms with van der Waals surface area (Å²) in [4.78, 5) is 28.2. The largest absolute Gasteiger partial charge is 0.357 e. The summed E-state index contributed by atoms with van der Waals surface area (Å²) >= 11 is 12.3. The molecule has 3 rings (SSSR count). The van der Waals surface area contributed by atoms with Gasteiger partial charge in [-0.3, -0.25) is 13.9 Å². The summed E-state index contributed by atoms with van der Waals surface area (Å²) < 4.78 is 26.2. The Balaban J connectivity index is 1.85. The van der Waals surface area contributed by atoms with Crippen molar-refractivity contribution in [3.05, 3.63) is 100 Å². The average molecular weight is 577 g/mol. The lowest BCUT2D eigenvalue weighted by Gasteiger charge is -2.31. The van der Waals surface area contributed by atoms with Gasteiger partial charge in [0.2, 0.25) is 21.8 Å². The summed E-state index contributed by atoms with van der Waals surface area (Å²) in [5.74, 6) is -0.577. The zero-order valence-electron chi connectivity index (χ0n) is 21.3. The monoisotopic (exact) mass is 575 g/mol. The Morgan fingerprint density at radius 2 is 1.53 bits per heavy atom. The van der Waals surface area contributed by atoms with Crippen molar-refractivity contribution in [1.82, 2.24) is 10.2 Å². The van der Waals surface area contributed by atoms with E-state index in [2.05, 4.69) is 5.32 Å². The summed E-state index contributed by atoms with van der Waals surface area (Å²) in [5, 5.41) is 3.42. The van der Waals surface area contributed by atoms with Crippen LogP contribution in [0.2, 0.25) is 10.0 Å². The Morgan fingerprint density at radius 3 is 2.11 bits per heavy atom. The molecule has 7 nitrogen and oxygen atoms in total. The molecule has 0 aliphatic rings. The van der Waals surface area contributed by atoms with Gasteiger partial charge in [0.25, 0.3) is 0 Å². The second-order valence-corrected chi connectivity index (χ2v) is 11.6. The highest BCUT2D eigenvalue weighted by Gasteiger charge is 2.30. The molecule has 0 spiro atoms. The molecule has 0 aliphatic heterocycles. The van der Waals surface area contributed by atoms with Crippen molar-refractivity contribution in [3.63, 3.8) is 0 Å². The SMILES string of the molecule is CNC(=O)[C@H](Cc1ccccc1)N(Cc1ccc(Cl)c(Cl)c1)C(=O)CCCN(c1ccccc1)S(C)(=O)=O. The molecule has 0 heterocycles. The summed E-state index contributed by atoms with van der Waals surface area (Å²) in [7, 11) is -2.02. The van der Waals surface area contributed by atoms with Gasteiger partial charge in [0.1, 0.15) is 6.04 Å². The molecule has 2 amide bonds. The van der Waals surface area contributed by atoms with E-state index in [-0.39, 0.29) is 37.7 Å². The first-order valence-corrected chi connectivity index (χ1v) is 14.7. The molecular weight excluding hydrogens is 545 g/mol. The zero-order valence-corrected chi connectivity index (χ0v) is 23.6. The van der Waals surface area contributed by atoms with E-state index >= 15 is 0 Å². The van der Waals surface area contributed by atoms with E-state index in [9.17, 15) is 18.0 Å². The van der Waals surface area contributed by atoms with Crippen LogP contribution in [-0.2, 0) is 32.6 Å². The van der Waals surface area contributed by atoms with E-state index in [1.807, 2.05) is 30.3 Å². The molecule has 3 aromatic carbocycles. The van der Waals surface area contributed by atoms with E-state index in [0.29, 0.717) is 22.2 Å². The highest BCUT2D eigenvalue weighted by molar-refractivity contribution is 7.92. The lowest BCUT2D eigenvalue weighted by atomic mass is 10.0. The third-order valence-electron chi connectivity index (χ3n) is 6.05. The van der Waals surface area contributed by atoms with E-state index in [0.717, 1.165) is 17.4 Å². The predicted molar refractivity (Wildman–Crippen MR) is 153 cm³/mol. The first kappa shape index (κ1) is 29.5. The molecule has 0 aliphatic carbocycles. The molecular formula is C28H31Cl2N3O4S. The van der Waals surface area contributed by atoms with Gasteiger partial charge in [-0.1, -0.05) is 77.8 Å². The van der Waals surface area contributed by atoms with Crippen LogP contribution in [-0.4, -0.2) is 51.0 Å². The number of nitrogens with one attached hydrogen (secondary N) is 1. The number of benzene rings is 3. The van der Waals surface area contributed by atoms with Gasteiger partial charge >= 0.3 is 0 Å². The van der Waals surface area contributed by atoms with Crippen molar-refractivity contribution in [3.8, 4) is 0 Å². The van der Waals surface area contributed by atoms with Crippen LogP contribution in [0.4, 0.5) is 5.69 Å². The van der Waals surface area contributed by atoms with Gasteiger partial charge in [-0.15, -0.1) is 0 Å². The van der Waals surface area contributed by atoms with Gasteiger partial charge < -0.3 is 10.2 Å². The van der Waals surface area contributed by atoms with Crippen molar-refractivity contribution in [1.29, 1.82) is 0 Å². The molecule has 3 aromatic rings. The van der Waals surface area contributed by atoms with Crippen molar-refractivity contribution in [2.75, 3.05) is 24.2 Å². The van der Waals surface area contributed by atoms with Gasteiger partial charge in [0.15, 0.2) is 0 Å². The molecule has 0 saturated carbocycles. The Labute approximate surface area is 234 Å². The summed E-state index contributed by atoms with van der Waals surface area (Å²) in [5.41, 5.74) is 2.15. The maximum Gasteiger partial charge on any atom is 0.242 e. The molecule has 0 fully saturated rings. The van der Waals surface area contributed by atoms with E-state index < -0.39 is 16.1 Å². The van der Waals surface area contributed by atoms with Gasteiger partial charge in [0.05, 0.1) is 22.0 Å². The number of nitrogens with zero attached hydrogens (tertiary/aromatic N) is 2. The van der Waals surface area contributed by atoms with Crippen LogP contribution in [0.5, 0.6) is 0 Å². The number of anilines is 1. The molecule has 0 radical (unpaired) electrons. The standard InChI is InChI=1S/C28H31Cl2N3O4S/c1-31-28(35)26(19-21-10-5-3-6-11-21)32(20-22-15-16-24(29)25(30)18-22)27(34)14-9-17-33(38(2,36)37)23-12-7-4-8-13-23/h3-8,10-13,15-16,18,26H,9,14,17,19-20H2,1-2H3,(H,31,35)/t26-/m0/s1. The van der Waals surface area contributed by atoms with Crippen LogP contribution in [0, 0.1) is 0 Å². The molecule has 0 unspecified atom stereocenters. The lowest BCUT2D eigenvalue weighted by molar-refractivity contribution is -0.141. The number of amides is 2. The van der Waals surface area contributed by atoms with Crippen molar-refractivity contribution < 1.29 is 18.0 Å². The van der Waals surface area contributed by atoms with Crippen LogP contribution >= 0.6 is 23.2 Å². The minimum atomic E-state index is -3.55. The quantitative estimate of drug-likeness (QED) is 0.332. The molecule has 202 valence electrons. The van der Waals surface area contributed by atoms with E-state index in [1.54, 1.807) is 48.5 Å². The van der Waals surface area contributed by atoms with Crippen molar-refractivity contribution in [2.24, 2.45) is 0 Å². The normalized spacial score (nSPS) is 12.0. The van der Waals surface area contributed by atoms with Crippen LogP contribution in [0.25, 0.3) is 0 Å². The Hall–Kier alpha value is -3.07. The summed E-state index contributed by atoms with van der Waals surface area (Å²) in [6, 6.07) is 22.5. The number of para-hydroxylation sites is 1. The Bertz CT molecular complexity index is 1340. The smallest absolute Gasteiger partial charge is 0.242 e. The molecule has 10 heteroatoms. The second-order valence-electron chi connectivity index (χ2n) is 8.86. The molecule has 0 saturated heterocycles. The molecule has 1 N–H and O–H groups in total. The number of carbonyl (C=O) groups excluding carboxylic acids is 2. The van der Waals surface area contributed by atoms with Gasteiger partial charge in [0, 0.05) is 33.0 Å². The van der Waals surface area contributed by atoms with Gasteiger partial charge in [-0.05, 0) is 41.8 Å². The molecule has 1 atom stereocenters. The minimum Gasteiger partial charge on any atom is -0.357 e. The number of halogens is 2. The minimum absolute atomic E-state index is 0.0441. The summed E-state index contributed by atoms with van der Waals surface area (Å²) in [6.07, 6.45) is 1.76. The first-order valence-electron chi connectivity index (χ1n) is 12.1. The average Bonchev–Trinajstić information content (AvgIpc) is 2.90. The highest BCUT2D eigenvalue weighted by Crippen LogP contribution is 2.25. The number of likely N-dealkylation sites (N-methyl/N-ethyl adjacent to an activating group) is 1. The fourth-order valence-corrected chi connectivity index (χ4v) is 5.44. The van der Waals surface area contributed by atoms with Crippen molar-refractivity contribution >= 4 is 50.7 Å².